The van der Waals surface area contributed by atoms with Crippen LogP contribution in [0.15, 0.2) is 24.3 Å². The van der Waals surface area contributed by atoms with Gasteiger partial charge in [-0.1, -0.05) is 29.6 Å². The van der Waals surface area contributed by atoms with Crippen LogP contribution in [0, 0.1) is 0 Å². The second kappa shape index (κ2) is 6.60. The van der Waals surface area contributed by atoms with Crippen molar-refractivity contribution in [2.24, 2.45) is 0 Å². The number of halogens is 2. The van der Waals surface area contributed by atoms with Crippen molar-refractivity contribution in [3.05, 3.63) is 56.0 Å². The molecule has 1 aliphatic carbocycles. The van der Waals surface area contributed by atoms with Crippen molar-refractivity contribution >= 4 is 56.2 Å². The van der Waals surface area contributed by atoms with Gasteiger partial charge in [0.1, 0.15) is 9.71 Å². The fourth-order valence-corrected chi connectivity index (χ4v) is 4.63. The van der Waals surface area contributed by atoms with Gasteiger partial charge in [-0.2, -0.15) is 0 Å². The quantitative estimate of drug-likeness (QED) is 0.451. The zero-order chi connectivity index (χ0) is 17.6. The minimum absolute atomic E-state index is 0.144. The Morgan fingerprint density at radius 1 is 1.08 bits per heavy atom. The Morgan fingerprint density at radius 3 is 2.68 bits per heavy atom. The summed E-state index contributed by atoms with van der Waals surface area (Å²) < 4.78 is 0. The number of fused-ring (bicyclic) bond motifs is 2. The maximum Gasteiger partial charge on any atom is 0.205 e. The summed E-state index contributed by atoms with van der Waals surface area (Å²) in [6.07, 6.45) is 5.62. The third-order valence-corrected chi connectivity index (χ3v) is 6.49. The van der Waals surface area contributed by atoms with Gasteiger partial charge in [-0.3, -0.25) is 4.79 Å². The number of aromatic nitrogens is 1. The minimum Gasteiger partial charge on any atom is -0.397 e. The first-order valence-electron chi connectivity index (χ1n) is 8.25. The van der Waals surface area contributed by atoms with Crippen molar-refractivity contribution in [1.29, 1.82) is 0 Å². The van der Waals surface area contributed by atoms with Crippen LogP contribution in [0.5, 0.6) is 0 Å². The lowest BCUT2D eigenvalue weighted by Gasteiger charge is -2.04. The van der Waals surface area contributed by atoms with E-state index < -0.39 is 0 Å². The summed E-state index contributed by atoms with van der Waals surface area (Å²) in [5, 5.41) is 1.67. The molecule has 0 radical (unpaired) electrons. The van der Waals surface area contributed by atoms with E-state index >= 15 is 0 Å². The van der Waals surface area contributed by atoms with Crippen LogP contribution in [-0.2, 0) is 12.8 Å². The molecule has 0 unspecified atom stereocenters. The molecule has 3 nitrogen and oxygen atoms in total. The molecule has 1 aromatic carbocycles. The van der Waals surface area contributed by atoms with E-state index in [1.165, 1.54) is 36.2 Å². The number of hydrogen-bond acceptors (Lipinski definition) is 4. The molecule has 3 aromatic rings. The summed E-state index contributed by atoms with van der Waals surface area (Å²) in [6, 6.07) is 7.00. The Hall–Kier alpha value is -1.62. The number of thiophene rings is 1. The molecule has 2 aromatic heterocycles. The molecule has 0 saturated carbocycles. The fourth-order valence-electron chi connectivity index (χ4n) is 3.27. The smallest absolute Gasteiger partial charge is 0.205 e. The van der Waals surface area contributed by atoms with Crippen LogP contribution in [0.3, 0.4) is 0 Å². The molecule has 0 atom stereocenters. The van der Waals surface area contributed by atoms with E-state index in [1.54, 1.807) is 18.2 Å². The monoisotopic (exact) mass is 390 g/mol. The minimum atomic E-state index is -0.144. The summed E-state index contributed by atoms with van der Waals surface area (Å²) in [5.41, 5.74) is 9.72. The van der Waals surface area contributed by atoms with E-state index in [1.807, 2.05) is 0 Å². The highest BCUT2D eigenvalue weighted by Crippen LogP contribution is 2.37. The molecule has 2 heterocycles. The van der Waals surface area contributed by atoms with Crippen LogP contribution in [0.1, 0.15) is 45.8 Å². The van der Waals surface area contributed by atoms with Gasteiger partial charge in [0.25, 0.3) is 0 Å². The predicted molar refractivity (Wildman–Crippen MR) is 105 cm³/mol. The number of nitrogens with two attached hydrogens (primary N) is 1. The topological polar surface area (TPSA) is 56.0 Å². The molecule has 1 aliphatic rings. The number of aryl methyl sites for hydroxylation is 2. The molecular weight excluding hydrogens is 375 g/mol. The van der Waals surface area contributed by atoms with E-state index in [2.05, 4.69) is 6.07 Å². The number of nitrogens with zero attached hydrogens (tertiary/aromatic N) is 1. The average Bonchev–Trinajstić information content (AvgIpc) is 2.78. The first-order valence-corrected chi connectivity index (χ1v) is 9.82. The molecule has 0 spiro atoms. The third-order valence-electron chi connectivity index (χ3n) is 4.64. The van der Waals surface area contributed by atoms with Crippen LogP contribution in [0.4, 0.5) is 5.69 Å². The summed E-state index contributed by atoms with van der Waals surface area (Å²) in [4.78, 5) is 19.0. The largest absolute Gasteiger partial charge is 0.397 e. The zero-order valence-electron chi connectivity index (χ0n) is 13.4. The molecule has 4 rings (SSSR count). The molecule has 25 heavy (non-hydrogen) atoms. The number of nitrogen functional groups attached to an aromatic ring is 1. The Kier molecular flexibility index (Phi) is 4.44. The van der Waals surface area contributed by atoms with Crippen molar-refractivity contribution in [1.82, 2.24) is 4.98 Å². The van der Waals surface area contributed by atoms with Crippen molar-refractivity contribution in [3.8, 4) is 0 Å². The number of benzene rings is 1. The van der Waals surface area contributed by atoms with Crippen molar-refractivity contribution in [3.63, 3.8) is 0 Å². The Balaban J connectivity index is 1.81. The van der Waals surface area contributed by atoms with Crippen LogP contribution in [0.25, 0.3) is 10.2 Å². The Labute approximate surface area is 159 Å². The van der Waals surface area contributed by atoms with Gasteiger partial charge < -0.3 is 5.73 Å². The van der Waals surface area contributed by atoms with Crippen LogP contribution in [-0.4, -0.2) is 10.8 Å². The molecular formula is C19H16Cl2N2OS. The fraction of sp³-hybridized carbons (Fsp3) is 0.263. The van der Waals surface area contributed by atoms with E-state index in [4.69, 9.17) is 33.9 Å². The normalized spacial score (nSPS) is 14.3. The summed E-state index contributed by atoms with van der Waals surface area (Å²) >= 11 is 13.3. The van der Waals surface area contributed by atoms with Crippen LogP contribution < -0.4 is 5.73 Å². The first-order chi connectivity index (χ1) is 12.0. The van der Waals surface area contributed by atoms with Gasteiger partial charge in [0.15, 0.2) is 0 Å². The lowest BCUT2D eigenvalue weighted by molar-refractivity contribution is 0.104. The maximum atomic E-state index is 12.9. The molecule has 2 N–H and O–H groups in total. The molecule has 128 valence electrons. The zero-order valence-corrected chi connectivity index (χ0v) is 15.8. The molecule has 0 fully saturated rings. The number of pyridine rings is 1. The highest BCUT2D eigenvalue weighted by atomic mass is 35.5. The molecule has 0 bridgehead atoms. The highest BCUT2D eigenvalue weighted by molar-refractivity contribution is 7.21. The lowest BCUT2D eigenvalue weighted by Crippen LogP contribution is -2.02. The van der Waals surface area contributed by atoms with Gasteiger partial charge in [0.05, 0.1) is 15.7 Å². The number of hydrogen-bond donors (Lipinski definition) is 1. The number of carbonyl (C=O) groups is 1. The number of carbonyl (C=O) groups excluding carboxylic acids is 1. The van der Waals surface area contributed by atoms with Gasteiger partial charge >= 0.3 is 0 Å². The molecule has 0 amide bonds. The second-order valence-corrected chi connectivity index (χ2v) is 8.12. The maximum absolute atomic E-state index is 12.9. The molecule has 0 saturated heterocycles. The Bertz CT molecular complexity index is 997. The second-order valence-electron chi connectivity index (χ2n) is 6.31. The number of rotatable bonds is 2. The highest BCUT2D eigenvalue weighted by Gasteiger charge is 2.21. The summed E-state index contributed by atoms with van der Waals surface area (Å²) in [5.74, 6) is -0.144. The van der Waals surface area contributed by atoms with E-state index in [-0.39, 0.29) is 5.78 Å². The summed E-state index contributed by atoms with van der Waals surface area (Å²) in [7, 11) is 0. The van der Waals surface area contributed by atoms with Crippen LogP contribution >= 0.6 is 34.5 Å². The van der Waals surface area contributed by atoms with Crippen LogP contribution in [0.2, 0.25) is 10.0 Å². The van der Waals surface area contributed by atoms with Gasteiger partial charge in [0, 0.05) is 16.6 Å². The third kappa shape index (κ3) is 3.03. The molecule has 6 heteroatoms. The summed E-state index contributed by atoms with van der Waals surface area (Å²) in [6.45, 7) is 0. The number of ketones is 1. The number of anilines is 1. The van der Waals surface area contributed by atoms with Gasteiger partial charge in [0.2, 0.25) is 5.78 Å². The van der Waals surface area contributed by atoms with Crippen molar-refractivity contribution < 1.29 is 4.79 Å². The van der Waals surface area contributed by atoms with Gasteiger partial charge in [-0.15, -0.1) is 11.3 Å². The lowest BCUT2D eigenvalue weighted by atomic mass is 10.1. The first kappa shape index (κ1) is 16.8. The van der Waals surface area contributed by atoms with Gasteiger partial charge in [-0.25, -0.2) is 4.98 Å². The van der Waals surface area contributed by atoms with E-state index in [9.17, 15) is 4.79 Å². The van der Waals surface area contributed by atoms with Crippen molar-refractivity contribution in [2.75, 3.05) is 5.73 Å². The van der Waals surface area contributed by atoms with E-state index in [0.29, 0.717) is 26.2 Å². The SMILES string of the molecule is Nc1c(C(=O)c2ccc(Cl)c(Cl)c2)sc2nc3c(cc12)CCCCC3. The Morgan fingerprint density at radius 2 is 1.88 bits per heavy atom. The predicted octanol–water partition coefficient (Wildman–Crippen LogP) is 5.69. The average molecular weight is 391 g/mol. The van der Waals surface area contributed by atoms with Crippen molar-refractivity contribution in [2.45, 2.75) is 32.1 Å². The molecule has 0 aliphatic heterocycles. The van der Waals surface area contributed by atoms with E-state index in [0.717, 1.165) is 28.8 Å². The standard InChI is InChI=1S/C19H16Cl2N2OS/c20-13-7-6-11(9-14(13)21)17(24)18-16(22)12-8-10-4-2-1-3-5-15(10)23-19(12)25-18/h6-9H,1-5,22H2. The van der Waals surface area contributed by atoms with Gasteiger partial charge in [-0.05, 0) is 55.5 Å².